The summed E-state index contributed by atoms with van der Waals surface area (Å²) in [7, 11) is 0. The second kappa shape index (κ2) is 6.93. The fourth-order valence-electron chi connectivity index (χ4n) is 2.89. The van der Waals surface area contributed by atoms with E-state index in [9.17, 15) is 9.59 Å². The summed E-state index contributed by atoms with van der Waals surface area (Å²) >= 11 is 1.61. The highest BCUT2D eigenvalue weighted by molar-refractivity contribution is 7.08. The van der Waals surface area contributed by atoms with Gasteiger partial charge in [0.2, 0.25) is 0 Å². The second-order valence-electron chi connectivity index (χ2n) is 5.80. The van der Waals surface area contributed by atoms with Crippen molar-refractivity contribution in [3.05, 3.63) is 21.9 Å². The predicted octanol–water partition coefficient (Wildman–Crippen LogP) is 3.03. The van der Waals surface area contributed by atoms with E-state index in [1.807, 2.05) is 17.7 Å². The molecule has 0 saturated heterocycles. The smallest absolute Gasteiger partial charge is 0.315 e. The summed E-state index contributed by atoms with van der Waals surface area (Å²) in [5, 5.41) is 18.9. The Bertz CT molecular complexity index is 507. The van der Waals surface area contributed by atoms with Gasteiger partial charge in [0.15, 0.2) is 0 Å². The molecule has 0 bridgehead atoms. The maximum atomic E-state index is 12.1. The highest BCUT2D eigenvalue weighted by Crippen LogP contribution is 2.31. The molecule has 0 spiro atoms. The average molecular weight is 310 g/mol. The highest BCUT2D eigenvalue weighted by atomic mass is 32.1. The Morgan fingerprint density at radius 1 is 1.29 bits per heavy atom. The first-order valence-electron chi connectivity index (χ1n) is 7.30. The van der Waals surface area contributed by atoms with E-state index < -0.39 is 11.5 Å². The molecule has 1 aromatic heterocycles. The van der Waals surface area contributed by atoms with Crippen molar-refractivity contribution in [3.8, 4) is 0 Å². The molecule has 21 heavy (non-hydrogen) atoms. The van der Waals surface area contributed by atoms with E-state index in [1.54, 1.807) is 11.3 Å². The fraction of sp³-hybridized carbons (Fsp3) is 0.600. The monoisotopic (exact) mass is 310 g/mol. The molecule has 2 rings (SSSR count). The van der Waals surface area contributed by atoms with E-state index in [1.165, 1.54) is 5.56 Å². The van der Waals surface area contributed by atoms with Crippen LogP contribution in [0.3, 0.4) is 0 Å². The quantitative estimate of drug-likeness (QED) is 0.782. The number of carboxylic acid groups (broad SMARTS) is 1. The lowest BCUT2D eigenvalue weighted by molar-refractivity contribution is -0.139. The first kappa shape index (κ1) is 15.8. The number of thiophene rings is 1. The minimum atomic E-state index is -0.856. The largest absolute Gasteiger partial charge is 0.481 e. The molecule has 1 aliphatic carbocycles. The second-order valence-corrected chi connectivity index (χ2v) is 6.54. The van der Waals surface area contributed by atoms with E-state index in [4.69, 9.17) is 5.11 Å². The highest BCUT2D eigenvalue weighted by Gasteiger charge is 2.35. The summed E-state index contributed by atoms with van der Waals surface area (Å²) in [4.78, 5) is 23.2. The first-order valence-corrected chi connectivity index (χ1v) is 8.24. The first-order chi connectivity index (χ1) is 10.0. The summed E-state index contributed by atoms with van der Waals surface area (Å²) in [6.45, 7) is 2.49. The Balaban J connectivity index is 1.91. The fourth-order valence-corrected chi connectivity index (χ4v) is 3.75. The summed E-state index contributed by atoms with van der Waals surface area (Å²) in [5.41, 5.74) is 1.68. The minimum Gasteiger partial charge on any atom is -0.481 e. The molecule has 0 radical (unpaired) electrons. The van der Waals surface area contributed by atoms with Crippen LogP contribution >= 0.6 is 11.3 Å². The van der Waals surface area contributed by atoms with Crippen LogP contribution < -0.4 is 10.6 Å². The van der Waals surface area contributed by atoms with Gasteiger partial charge in [0.05, 0.1) is 12.0 Å². The molecule has 1 aromatic rings. The van der Waals surface area contributed by atoms with E-state index in [-0.39, 0.29) is 12.5 Å². The van der Waals surface area contributed by atoms with Crippen molar-refractivity contribution in [3.63, 3.8) is 0 Å². The lowest BCUT2D eigenvalue weighted by atomic mass is 9.79. The zero-order valence-electron chi connectivity index (χ0n) is 12.3. The molecular formula is C15H22N2O3S. The van der Waals surface area contributed by atoms with Crippen LogP contribution in [0.4, 0.5) is 4.79 Å². The molecule has 0 unspecified atom stereocenters. The Labute approximate surface area is 128 Å². The number of urea groups is 1. The van der Waals surface area contributed by atoms with Crippen LogP contribution in [0.25, 0.3) is 0 Å². The molecule has 0 aromatic carbocycles. The van der Waals surface area contributed by atoms with Crippen molar-refractivity contribution in [1.29, 1.82) is 0 Å². The molecule has 0 aliphatic heterocycles. The Kier molecular flexibility index (Phi) is 5.22. The third kappa shape index (κ3) is 4.46. The molecule has 5 nitrogen and oxygen atoms in total. The van der Waals surface area contributed by atoms with Gasteiger partial charge in [-0.1, -0.05) is 19.3 Å². The zero-order valence-corrected chi connectivity index (χ0v) is 13.1. The van der Waals surface area contributed by atoms with Gasteiger partial charge >= 0.3 is 12.0 Å². The van der Waals surface area contributed by atoms with Gasteiger partial charge in [-0.2, -0.15) is 11.3 Å². The number of rotatable bonds is 5. The average Bonchev–Trinajstić information content (AvgIpc) is 2.82. The standard InChI is InChI=1S/C15H22N2O3S/c1-11-9-21-10-12(11)8-16-14(20)17-15(7-13(18)19)5-3-2-4-6-15/h9-10H,2-8H2,1H3,(H,18,19)(H2,16,17,20). The van der Waals surface area contributed by atoms with Crippen molar-refractivity contribution in [1.82, 2.24) is 10.6 Å². The van der Waals surface area contributed by atoms with Gasteiger partial charge in [0.25, 0.3) is 0 Å². The molecule has 1 saturated carbocycles. The predicted molar refractivity (Wildman–Crippen MR) is 82.5 cm³/mol. The molecule has 0 atom stereocenters. The minimum absolute atomic E-state index is 0.00208. The van der Waals surface area contributed by atoms with E-state index in [2.05, 4.69) is 10.6 Å². The summed E-state index contributed by atoms with van der Waals surface area (Å²) in [5.74, 6) is -0.856. The molecular weight excluding hydrogens is 288 g/mol. The van der Waals surface area contributed by atoms with Crippen LogP contribution in [-0.4, -0.2) is 22.6 Å². The summed E-state index contributed by atoms with van der Waals surface area (Å²) in [6, 6.07) is -0.274. The van der Waals surface area contributed by atoms with Gasteiger partial charge in [0.1, 0.15) is 0 Å². The van der Waals surface area contributed by atoms with Crippen molar-refractivity contribution in [2.45, 2.75) is 57.5 Å². The Morgan fingerprint density at radius 2 is 2.00 bits per heavy atom. The van der Waals surface area contributed by atoms with Gasteiger partial charge in [0, 0.05) is 6.54 Å². The summed E-state index contributed by atoms with van der Waals surface area (Å²) in [6.07, 6.45) is 4.53. The van der Waals surface area contributed by atoms with Gasteiger partial charge < -0.3 is 15.7 Å². The van der Waals surface area contributed by atoms with Gasteiger partial charge in [-0.05, 0) is 41.7 Å². The number of carbonyl (C=O) groups excluding carboxylic acids is 1. The third-order valence-electron chi connectivity index (χ3n) is 4.08. The van der Waals surface area contributed by atoms with Gasteiger partial charge in [-0.25, -0.2) is 4.79 Å². The number of hydrogen-bond acceptors (Lipinski definition) is 3. The van der Waals surface area contributed by atoms with E-state index >= 15 is 0 Å². The van der Waals surface area contributed by atoms with E-state index in [0.29, 0.717) is 6.54 Å². The Morgan fingerprint density at radius 3 is 2.57 bits per heavy atom. The van der Waals surface area contributed by atoms with Crippen molar-refractivity contribution < 1.29 is 14.7 Å². The lowest BCUT2D eigenvalue weighted by Gasteiger charge is -2.36. The maximum Gasteiger partial charge on any atom is 0.315 e. The van der Waals surface area contributed by atoms with Gasteiger partial charge in [-0.3, -0.25) is 4.79 Å². The van der Waals surface area contributed by atoms with Crippen molar-refractivity contribution >= 4 is 23.3 Å². The van der Waals surface area contributed by atoms with Crippen LogP contribution in [0.1, 0.15) is 49.7 Å². The molecule has 1 aliphatic rings. The number of carboxylic acids is 1. The van der Waals surface area contributed by atoms with Crippen LogP contribution in [0, 0.1) is 6.92 Å². The maximum absolute atomic E-state index is 12.1. The van der Waals surface area contributed by atoms with Crippen LogP contribution in [-0.2, 0) is 11.3 Å². The summed E-state index contributed by atoms with van der Waals surface area (Å²) < 4.78 is 0. The SMILES string of the molecule is Cc1cscc1CNC(=O)NC1(CC(=O)O)CCCCC1. The van der Waals surface area contributed by atoms with Crippen molar-refractivity contribution in [2.75, 3.05) is 0 Å². The topological polar surface area (TPSA) is 78.4 Å². The number of hydrogen-bond donors (Lipinski definition) is 3. The number of carbonyl (C=O) groups is 2. The third-order valence-corrected chi connectivity index (χ3v) is 4.99. The molecule has 2 amide bonds. The van der Waals surface area contributed by atoms with Crippen LogP contribution in [0.2, 0.25) is 0 Å². The zero-order chi connectivity index (χ0) is 15.3. The lowest BCUT2D eigenvalue weighted by Crippen LogP contribution is -2.54. The molecule has 1 fully saturated rings. The normalized spacial score (nSPS) is 17.2. The van der Waals surface area contributed by atoms with Gasteiger partial charge in [-0.15, -0.1) is 0 Å². The molecule has 3 N–H and O–H groups in total. The van der Waals surface area contributed by atoms with Crippen molar-refractivity contribution in [2.24, 2.45) is 0 Å². The van der Waals surface area contributed by atoms with Crippen LogP contribution in [0.15, 0.2) is 10.8 Å². The molecule has 1 heterocycles. The number of nitrogens with one attached hydrogen (secondary N) is 2. The number of amides is 2. The molecule has 116 valence electrons. The Hall–Kier alpha value is -1.56. The van der Waals surface area contributed by atoms with Crippen LogP contribution in [0.5, 0.6) is 0 Å². The number of aryl methyl sites for hydroxylation is 1. The molecule has 6 heteroatoms. The van der Waals surface area contributed by atoms with E-state index in [0.717, 1.165) is 37.7 Å². The number of aliphatic carboxylic acids is 1.